The van der Waals surface area contributed by atoms with Crippen LogP contribution in [0.5, 0.6) is 11.5 Å². The Bertz CT molecular complexity index is 652. The maximum Gasteiger partial charge on any atom is 0.174 e. The van der Waals surface area contributed by atoms with Crippen LogP contribution in [0.2, 0.25) is 10.3 Å². The molecule has 0 bridgehead atoms. The Balaban J connectivity index is 1.61. The molecule has 0 spiro atoms. The number of hydrogen-bond donors (Lipinski definition) is 1. The Morgan fingerprint density at radius 3 is 2.71 bits per heavy atom. The lowest BCUT2D eigenvalue weighted by atomic mass is 10.1. The predicted octanol–water partition coefficient (Wildman–Crippen LogP) is 3.21. The molecule has 1 aromatic heterocycles. The van der Waals surface area contributed by atoms with Crippen molar-refractivity contribution in [3.05, 3.63) is 40.1 Å². The number of ether oxygens (including phenoxy) is 2. The predicted molar refractivity (Wildman–Crippen MR) is 81.7 cm³/mol. The van der Waals surface area contributed by atoms with Crippen LogP contribution in [-0.2, 0) is 6.42 Å². The van der Waals surface area contributed by atoms with Crippen LogP contribution in [0.25, 0.3) is 0 Å². The van der Waals surface area contributed by atoms with Crippen LogP contribution in [0.15, 0.2) is 24.3 Å². The van der Waals surface area contributed by atoms with Gasteiger partial charge in [0.25, 0.3) is 0 Å². The molecule has 3 rings (SSSR count). The van der Waals surface area contributed by atoms with E-state index in [1.165, 1.54) is 0 Å². The van der Waals surface area contributed by atoms with Crippen molar-refractivity contribution in [2.75, 3.05) is 25.1 Å². The van der Waals surface area contributed by atoms with Gasteiger partial charge < -0.3 is 14.8 Å². The maximum atomic E-state index is 5.94. The minimum atomic E-state index is 0.307. The number of aromatic nitrogens is 2. The van der Waals surface area contributed by atoms with Crippen LogP contribution in [0.1, 0.15) is 5.56 Å². The molecule has 1 aliphatic heterocycles. The maximum absolute atomic E-state index is 5.94. The van der Waals surface area contributed by atoms with E-state index in [9.17, 15) is 0 Å². The molecular formula is C14H13Cl2N3O2. The van der Waals surface area contributed by atoms with E-state index in [2.05, 4.69) is 15.5 Å². The molecule has 2 heterocycles. The summed E-state index contributed by atoms with van der Waals surface area (Å²) in [7, 11) is 0. The van der Waals surface area contributed by atoms with Crippen LogP contribution in [0.3, 0.4) is 0 Å². The molecule has 2 aromatic rings. The average Bonchev–Trinajstić information content (AvgIpc) is 2.50. The fraction of sp³-hybridized carbons (Fsp3) is 0.286. The summed E-state index contributed by atoms with van der Waals surface area (Å²) in [6, 6.07) is 7.60. The van der Waals surface area contributed by atoms with Crippen molar-refractivity contribution < 1.29 is 9.47 Å². The summed E-state index contributed by atoms with van der Waals surface area (Å²) in [6.45, 7) is 1.88. The van der Waals surface area contributed by atoms with Crippen LogP contribution in [-0.4, -0.2) is 30.0 Å². The zero-order valence-electron chi connectivity index (χ0n) is 11.1. The van der Waals surface area contributed by atoms with Gasteiger partial charge in [-0.25, -0.2) is 0 Å². The monoisotopic (exact) mass is 325 g/mol. The van der Waals surface area contributed by atoms with Gasteiger partial charge in [0.05, 0.1) is 5.69 Å². The molecule has 0 radical (unpaired) electrons. The van der Waals surface area contributed by atoms with Crippen molar-refractivity contribution in [3.8, 4) is 11.5 Å². The smallest absolute Gasteiger partial charge is 0.174 e. The van der Waals surface area contributed by atoms with Crippen LogP contribution in [0, 0.1) is 0 Å². The first-order valence-electron chi connectivity index (χ1n) is 6.53. The topological polar surface area (TPSA) is 56.3 Å². The number of nitrogens with one attached hydrogen (secondary N) is 1. The first-order chi connectivity index (χ1) is 10.2. The van der Waals surface area contributed by atoms with Crippen molar-refractivity contribution in [2.24, 2.45) is 0 Å². The Labute approximate surface area is 132 Å². The normalized spacial score (nSPS) is 13.0. The van der Waals surface area contributed by atoms with Crippen LogP contribution >= 0.6 is 23.2 Å². The molecule has 1 aliphatic rings. The Hall–Kier alpha value is -1.72. The summed E-state index contributed by atoms with van der Waals surface area (Å²) in [5, 5.41) is 11.2. The highest BCUT2D eigenvalue weighted by atomic mass is 35.5. The highest BCUT2D eigenvalue weighted by Crippen LogP contribution is 2.31. The highest BCUT2D eigenvalue weighted by Gasteiger charge is 2.11. The van der Waals surface area contributed by atoms with Crippen molar-refractivity contribution in [3.63, 3.8) is 0 Å². The number of benzene rings is 1. The molecule has 0 unspecified atom stereocenters. The fourth-order valence-corrected chi connectivity index (χ4v) is 2.37. The summed E-state index contributed by atoms with van der Waals surface area (Å²) in [5.74, 6) is 1.59. The molecule has 0 atom stereocenters. The van der Waals surface area contributed by atoms with E-state index in [0.717, 1.165) is 23.5 Å². The minimum absolute atomic E-state index is 0.307. The van der Waals surface area contributed by atoms with E-state index in [1.807, 2.05) is 18.2 Å². The van der Waals surface area contributed by atoms with Gasteiger partial charge in [0.15, 0.2) is 21.8 Å². The van der Waals surface area contributed by atoms with Gasteiger partial charge >= 0.3 is 0 Å². The third kappa shape index (κ3) is 3.49. The van der Waals surface area contributed by atoms with Gasteiger partial charge in [-0.05, 0) is 24.1 Å². The van der Waals surface area contributed by atoms with E-state index in [0.29, 0.717) is 35.8 Å². The van der Waals surface area contributed by atoms with Gasteiger partial charge in [0.1, 0.15) is 13.2 Å². The molecule has 0 saturated heterocycles. The lowest BCUT2D eigenvalue weighted by Crippen LogP contribution is -2.15. The first kappa shape index (κ1) is 14.2. The van der Waals surface area contributed by atoms with Crippen LogP contribution in [0.4, 0.5) is 5.69 Å². The van der Waals surface area contributed by atoms with Gasteiger partial charge in [-0.1, -0.05) is 29.3 Å². The van der Waals surface area contributed by atoms with Gasteiger partial charge in [-0.2, -0.15) is 0 Å². The SMILES string of the molecule is Clc1cc(NCCc2ccc3c(c2)OCCO3)c(Cl)nn1. The average molecular weight is 326 g/mol. The zero-order chi connectivity index (χ0) is 14.7. The van der Waals surface area contributed by atoms with Crippen molar-refractivity contribution in [2.45, 2.75) is 6.42 Å². The highest BCUT2D eigenvalue weighted by molar-refractivity contribution is 6.33. The molecule has 0 fully saturated rings. The van der Waals surface area contributed by atoms with E-state index in [1.54, 1.807) is 6.07 Å². The number of nitrogens with zero attached hydrogens (tertiary/aromatic N) is 2. The first-order valence-corrected chi connectivity index (χ1v) is 7.29. The zero-order valence-corrected chi connectivity index (χ0v) is 12.6. The fourth-order valence-electron chi connectivity index (χ4n) is 2.06. The molecule has 1 N–H and O–H groups in total. The van der Waals surface area contributed by atoms with Crippen LogP contribution < -0.4 is 14.8 Å². The lowest BCUT2D eigenvalue weighted by Gasteiger charge is -2.19. The number of rotatable bonds is 4. The Morgan fingerprint density at radius 1 is 1.05 bits per heavy atom. The lowest BCUT2D eigenvalue weighted by molar-refractivity contribution is 0.171. The number of fused-ring (bicyclic) bond motifs is 1. The summed E-state index contributed by atoms with van der Waals surface area (Å²) in [6.07, 6.45) is 0.812. The second kappa shape index (κ2) is 6.37. The van der Waals surface area contributed by atoms with E-state index in [-0.39, 0.29) is 0 Å². The Morgan fingerprint density at radius 2 is 1.86 bits per heavy atom. The molecule has 110 valence electrons. The molecular weight excluding hydrogens is 313 g/mol. The third-order valence-corrected chi connectivity index (χ3v) is 3.52. The second-order valence-corrected chi connectivity index (χ2v) is 5.27. The number of halogens is 2. The molecule has 7 heteroatoms. The number of anilines is 1. The van der Waals surface area contributed by atoms with Crippen molar-refractivity contribution >= 4 is 28.9 Å². The summed E-state index contributed by atoms with van der Waals surface area (Å²) in [4.78, 5) is 0. The quantitative estimate of drug-likeness (QED) is 0.935. The van der Waals surface area contributed by atoms with Crippen molar-refractivity contribution in [1.82, 2.24) is 10.2 Å². The van der Waals surface area contributed by atoms with Gasteiger partial charge in [0.2, 0.25) is 0 Å². The summed E-state index contributed by atoms with van der Waals surface area (Å²) < 4.78 is 11.1. The number of hydrogen-bond acceptors (Lipinski definition) is 5. The van der Waals surface area contributed by atoms with Gasteiger partial charge in [-0.3, -0.25) is 0 Å². The largest absolute Gasteiger partial charge is 0.486 e. The molecule has 0 aliphatic carbocycles. The van der Waals surface area contributed by atoms with Gasteiger partial charge in [0, 0.05) is 12.6 Å². The van der Waals surface area contributed by atoms with E-state index in [4.69, 9.17) is 32.7 Å². The molecule has 0 saturated carbocycles. The van der Waals surface area contributed by atoms with Crippen molar-refractivity contribution in [1.29, 1.82) is 0 Å². The van der Waals surface area contributed by atoms with E-state index < -0.39 is 0 Å². The molecule has 1 aromatic carbocycles. The molecule has 5 nitrogen and oxygen atoms in total. The second-order valence-electron chi connectivity index (χ2n) is 4.53. The van der Waals surface area contributed by atoms with E-state index >= 15 is 0 Å². The summed E-state index contributed by atoms with van der Waals surface area (Å²) in [5.41, 5.74) is 1.82. The van der Waals surface area contributed by atoms with Gasteiger partial charge in [-0.15, -0.1) is 10.2 Å². The minimum Gasteiger partial charge on any atom is -0.486 e. The Kier molecular flexibility index (Phi) is 4.31. The summed E-state index contributed by atoms with van der Waals surface area (Å²) >= 11 is 11.7. The molecule has 21 heavy (non-hydrogen) atoms. The third-order valence-electron chi connectivity index (χ3n) is 3.05. The standard InChI is InChI=1S/C14H13Cl2N3O2/c15-13-8-10(14(16)19-18-13)17-4-3-9-1-2-11-12(7-9)21-6-5-20-11/h1-2,7-8H,3-6H2,(H,17,18). The molecule has 0 amide bonds.